The van der Waals surface area contributed by atoms with Crippen LogP contribution in [0.1, 0.15) is 12.0 Å². The topological polar surface area (TPSA) is 32.7 Å². The molecular formula is C10H9ClN2O. The predicted octanol–water partition coefficient (Wildman–Crippen LogP) is 1.91. The van der Waals surface area contributed by atoms with E-state index in [1.54, 1.807) is 13.1 Å². The second-order valence-corrected chi connectivity index (χ2v) is 3.53. The van der Waals surface area contributed by atoms with Crippen molar-refractivity contribution < 1.29 is 4.79 Å². The first-order valence-corrected chi connectivity index (χ1v) is 4.65. The van der Waals surface area contributed by atoms with Gasteiger partial charge in [0.1, 0.15) is 0 Å². The number of amides is 1. The summed E-state index contributed by atoms with van der Waals surface area (Å²) in [6.45, 7) is 0. The Labute approximate surface area is 87.0 Å². The molecule has 14 heavy (non-hydrogen) atoms. The quantitative estimate of drug-likeness (QED) is 0.694. The molecule has 0 fully saturated rings. The number of nitrogens with zero attached hydrogens (tertiary/aromatic N) is 2. The average molecular weight is 209 g/mol. The van der Waals surface area contributed by atoms with Gasteiger partial charge < -0.3 is 0 Å². The SMILES string of the molecule is CN1N=C(c2ccccc2Cl)CC1=O. The molecule has 1 amide bonds. The molecule has 1 aliphatic heterocycles. The molecule has 0 aromatic heterocycles. The maximum Gasteiger partial charge on any atom is 0.248 e. The molecule has 0 unspecified atom stereocenters. The largest absolute Gasteiger partial charge is 0.273 e. The van der Waals surface area contributed by atoms with Crippen LogP contribution in [0.3, 0.4) is 0 Å². The lowest BCUT2D eigenvalue weighted by molar-refractivity contribution is -0.127. The summed E-state index contributed by atoms with van der Waals surface area (Å²) in [5.41, 5.74) is 1.58. The fourth-order valence-electron chi connectivity index (χ4n) is 1.37. The number of hydrazone groups is 1. The number of benzene rings is 1. The van der Waals surface area contributed by atoms with Gasteiger partial charge in [-0.1, -0.05) is 29.8 Å². The van der Waals surface area contributed by atoms with E-state index in [2.05, 4.69) is 5.10 Å². The molecule has 0 atom stereocenters. The van der Waals surface area contributed by atoms with Crippen LogP contribution in [-0.4, -0.2) is 23.7 Å². The van der Waals surface area contributed by atoms with Gasteiger partial charge in [0.15, 0.2) is 0 Å². The van der Waals surface area contributed by atoms with E-state index in [9.17, 15) is 4.79 Å². The van der Waals surface area contributed by atoms with Gasteiger partial charge in [-0.2, -0.15) is 5.10 Å². The summed E-state index contributed by atoms with van der Waals surface area (Å²) in [6, 6.07) is 7.40. The Morgan fingerprint density at radius 3 is 2.71 bits per heavy atom. The van der Waals surface area contributed by atoms with Crippen LogP contribution in [0, 0.1) is 0 Å². The van der Waals surface area contributed by atoms with Gasteiger partial charge in [0.2, 0.25) is 5.91 Å². The zero-order chi connectivity index (χ0) is 10.1. The summed E-state index contributed by atoms with van der Waals surface area (Å²) >= 11 is 5.99. The van der Waals surface area contributed by atoms with E-state index in [1.807, 2.05) is 18.2 Å². The van der Waals surface area contributed by atoms with E-state index in [0.717, 1.165) is 11.3 Å². The standard InChI is InChI=1S/C10H9ClN2O/c1-13-10(14)6-9(12-13)7-4-2-3-5-8(7)11/h2-5H,6H2,1H3. The van der Waals surface area contributed by atoms with Crippen molar-refractivity contribution in [2.75, 3.05) is 7.05 Å². The van der Waals surface area contributed by atoms with Gasteiger partial charge in [0.25, 0.3) is 0 Å². The van der Waals surface area contributed by atoms with E-state index in [1.165, 1.54) is 5.01 Å². The molecule has 0 N–H and O–H groups in total. The Balaban J connectivity index is 2.38. The number of carbonyl (C=O) groups excluding carboxylic acids is 1. The van der Waals surface area contributed by atoms with Crippen LogP contribution in [0.2, 0.25) is 5.02 Å². The van der Waals surface area contributed by atoms with Gasteiger partial charge >= 0.3 is 0 Å². The first-order valence-electron chi connectivity index (χ1n) is 4.27. The summed E-state index contributed by atoms with van der Waals surface area (Å²) < 4.78 is 0. The van der Waals surface area contributed by atoms with E-state index < -0.39 is 0 Å². The first-order chi connectivity index (χ1) is 6.68. The molecule has 0 saturated carbocycles. The van der Waals surface area contributed by atoms with Crippen LogP contribution in [0.4, 0.5) is 0 Å². The highest BCUT2D eigenvalue weighted by Crippen LogP contribution is 2.20. The molecule has 0 radical (unpaired) electrons. The molecule has 1 aromatic rings. The highest BCUT2D eigenvalue weighted by atomic mass is 35.5. The second kappa shape index (κ2) is 3.42. The lowest BCUT2D eigenvalue weighted by Gasteiger charge is -2.00. The van der Waals surface area contributed by atoms with Crippen LogP contribution in [-0.2, 0) is 4.79 Å². The molecule has 4 heteroatoms. The highest BCUT2D eigenvalue weighted by Gasteiger charge is 2.22. The Bertz CT molecular complexity index is 414. The third-order valence-corrected chi connectivity index (χ3v) is 2.46. The molecule has 72 valence electrons. The normalized spacial score (nSPS) is 16.0. The van der Waals surface area contributed by atoms with Crippen LogP contribution in [0.5, 0.6) is 0 Å². The molecule has 1 heterocycles. The van der Waals surface area contributed by atoms with Crippen molar-refractivity contribution >= 4 is 23.2 Å². The summed E-state index contributed by atoms with van der Waals surface area (Å²) in [5, 5.41) is 6.10. The van der Waals surface area contributed by atoms with Crippen LogP contribution >= 0.6 is 11.6 Å². The van der Waals surface area contributed by atoms with Gasteiger partial charge in [-0.25, -0.2) is 5.01 Å². The van der Waals surface area contributed by atoms with E-state index in [0.29, 0.717) is 11.4 Å². The maximum atomic E-state index is 11.2. The number of rotatable bonds is 1. The Morgan fingerprint density at radius 1 is 1.43 bits per heavy atom. The second-order valence-electron chi connectivity index (χ2n) is 3.12. The monoisotopic (exact) mass is 208 g/mol. The number of carbonyl (C=O) groups is 1. The van der Waals surface area contributed by atoms with Gasteiger partial charge in [0, 0.05) is 17.6 Å². The van der Waals surface area contributed by atoms with Gasteiger partial charge in [-0.05, 0) is 6.07 Å². The van der Waals surface area contributed by atoms with Crippen molar-refractivity contribution in [3.05, 3.63) is 34.9 Å². The van der Waals surface area contributed by atoms with Crippen molar-refractivity contribution in [2.24, 2.45) is 5.10 Å². The van der Waals surface area contributed by atoms with E-state index >= 15 is 0 Å². The van der Waals surface area contributed by atoms with Crippen LogP contribution in [0.25, 0.3) is 0 Å². The van der Waals surface area contributed by atoms with Crippen molar-refractivity contribution in [2.45, 2.75) is 6.42 Å². The fraction of sp³-hybridized carbons (Fsp3) is 0.200. The summed E-state index contributed by atoms with van der Waals surface area (Å²) in [7, 11) is 1.65. The molecule has 0 saturated heterocycles. The van der Waals surface area contributed by atoms with Crippen molar-refractivity contribution in [1.82, 2.24) is 5.01 Å². The Hall–Kier alpha value is -1.35. The molecule has 0 spiro atoms. The number of halogens is 1. The van der Waals surface area contributed by atoms with Gasteiger partial charge in [-0.3, -0.25) is 4.79 Å². The minimum absolute atomic E-state index is 0.0000743. The predicted molar refractivity (Wildman–Crippen MR) is 55.4 cm³/mol. The molecule has 2 rings (SSSR count). The fourth-order valence-corrected chi connectivity index (χ4v) is 1.62. The minimum atomic E-state index is -0.0000743. The Kier molecular flexibility index (Phi) is 2.25. The number of hydrogen-bond acceptors (Lipinski definition) is 2. The molecule has 1 aliphatic rings. The molecule has 0 aliphatic carbocycles. The molecule has 3 nitrogen and oxygen atoms in total. The summed E-state index contributed by atoms with van der Waals surface area (Å²) in [5.74, 6) is -0.0000743. The lowest BCUT2D eigenvalue weighted by Crippen LogP contribution is -2.14. The Morgan fingerprint density at radius 2 is 2.14 bits per heavy atom. The zero-order valence-corrected chi connectivity index (χ0v) is 8.45. The molecular weight excluding hydrogens is 200 g/mol. The first kappa shape index (κ1) is 9.21. The van der Waals surface area contributed by atoms with Crippen molar-refractivity contribution in [3.63, 3.8) is 0 Å². The zero-order valence-electron chi connectivity index (χ0n) is 7.70. The third-order valence-electron chi connectivity index (χ3n) is 2.14. The molecule has 0 bridgehead atoms. The van der Waals surface area contributed by atoms with E-state index in [-0.39, 0.29) is 5.91 Å². The minimum Gasteiger partial charge on any atom is -0.273 e. The average Bonchev–Trinajstić information content (AvgIpc) is 2.48. The summed E-state index contributed by atoms with van der Waals surface area (Å²) in [6.07, 6.45) is 0.334. The van der Waals surface area contributed by atoms with Crippen molar-refractivity contribution in [1.29, 1.82) is 0 Å². The van der Waals surface area contributed by atoms with Crippen LogP contribution < -0.4 is 0 Å². The summed E-state index contributed by atoms with van der Waals surface area (Å²) in [4.78, 5) is 11.2. The molecule has 1 aromatic carbocycles. The smallest absolute Gasteiger partial charge is 0.248 e. The third kappa shape index (κ3) is 1.51. The van der Waals surface area contributed by atoms with Gasteiger partial charge in [-0.15, -0.1) is 0 Å². The van der Waals surface area contributed by atoms with Crippen LogP contribution in [0.15, 0.2) is 29.4 Å². The van der Waals surface area contributed by atoms with Gasteiger partial charge in [0.05, 0.1) is 12.1 Å². The van der Waals surface area contributed by atoms with Crippen molar-refractivity contribution in [3.8, 4) is 0 Å². The maximum absolute atomic E-state index is 11.2. The highest BCUT2D eigenvalue weighted by molar-refractivity contribution is 6.35. The number of hydrogen-bond donors (Lipinski definition) is 0. The van der Waals surface area contributed by atoms with E-state index in [4.69, 9.17) is 11.6 Å². The lowest BCUT2D eigenvalue weighted by atomic mass is 10.1.